The Labute approximate surface area is 166 Å². The number of hydrogen-bond acceptors (Lipinski definition) is 6. The molecule has 0 saturated carbocycles. The second kappa shape index (κ2) is 10.4. The van der Waals surface area contributed by atoms with Crippen molar-refractivity contribution in [1.29, 1.82) is 0 Å². The zero-order valence-corrected chi connectivity index (χ0v) is 17.5. The Bertz CT molecular complexity index is 761. The first-order valence-corrected chi connectivity index (χ1v) is 9.21. The van der Waals surface area contributed by atoms with Gasteiger partial charge in [0.2, 0.25) is 0 Å². The van der Waals surface area contributed by atoms with Gasteiger partial charge in [0.25, 0.3) is 0 Å². The van der Waals surface area contributed by atoms with Crippen molar-refractivity contribution in [2.24, 2.45) is 4.99 Å². The van der Waals surface area contributed by atoms with E-state index < -0.39 is 0 Å². The quantitative estimate of drug-likeness (QED) is 0.502. The maximum atomic E-state index is 5.49. The van der Waals surface area contributed by atoms with Crippen molar-refractivity contribution in [2.45, 2.75) is 32.7 Å². The zero-order valence-electron chi connectivity index (χ0n) is 17.5. The van der Waals surface area contributed by atoms with Crippen LogP contribution in [0.2, 0.25) is 0 Å². The minimum atomic E-state index is 0.337. The molecule has 2 rings (SSSR count). The molecule has 0 aliphatic rings. The molecule has 0 aliphatic heterocycles. The Kier molecular flexibility index (Phi) is 7.98. The van der Waals surface area contributed by atoms with E-state index in [2.05, 4.69) is 34.6 Å². The standard InChI is InChI=1S/C20H30N4O4/c1-13(2)17-9-15(28-24-17)12-23-20(21-3)22-8-7-16-18(26-5)10-14(25-4)11-19(16)27-6/h9-11,13H,7-8,12H2,1-6H3,(H2,21,22,23). The largest absolute Gasteiger partial charge is 0.496 e. The maximum Gasteiger partial charge on any atom is 0.191 e. The first-order valence-electron chi connectivity index (χ1n) is 9.21. The summed E-state index contributed by atoms with van der Waals surface area (Å²) in [6, 6.07) is 5.65. The molecule has 0 saturated heterocycles. The van der Waals surface area contributed by atoms with Gasteiger partial charge in [-0.15, -0.1) is 0 Å². The van der Waals surface area contributed by atoms with Crippen molar-refractivity contribution in [1.82, 2.24) is 15.8 Å². The summed E-state index contributed by atoms with van der Waals surface area (Å²) < 4.78 is 21.6. The molecule has 2 aromatic rings. The lowest BCUT2D eigenvalue weighted by Crippen LogP contribution is -2.37. The van der Waals surface area contributed by atoms with Gasteiger partial charge in [-0.1, -0.05) is 19.0 Å². The van der Waals surface area contributed by atoms with Crippen molar-refractivity contribution >= 4 is 5.96 Å². The number of aromatic nitrogens is 1. The average molecular weight is 390 g/mol. The minimum Gasteiger partial charge on any atom is -0.496 e. The van der Waals surface area contributed by atoms with Crippen LogP contribution in [-0.2, 0) is 13.0 Å². The molecular weight excluding hydrogens is 360 g/mol. The lowest BCUT2D eigenvalue weighted by atomic mass is 10.1. The fourth-order valence-corrected chi connectivity index (χ4v) is 2.71. The summed E-state index contributed by atoms with van der Waals surface area (Å²) in [5, 5.41) is 10.6. The molecule has 1 aromatic heterocycles. The number of hydrogen-bond donors (Lipinski definition) is 2. The van der Waals surface area contributed by atoms with Gasteiger partial charge < -0.3 is 29.4 Å². The zero-order chi connectivity index (χ0) is 20.5. The average Bonchev–Trinajstić information content (AvgIpc) is 3.19. The fraction of sp³-hybridized carbons (Fsp3) is 0.500. The Morgan fingerprint density at radius 2 is 1.75 bits per heavy atom. The van der Waals surface area contributed by atoms with Gasteiger partial charge in [-0.3, -0.25) is 4.99 Å². The summed E-state index contributed by atoms with van der Waals surface area (Å²) in [4.78, 5) is 4.24. The molecule has 0 unspecified atom stereocenters. The molecule has 0 fully saturated rings. The molecule has 0 radical (unpaired) electrons. The van der Waals surface area contributed by atoms with E-state index in [0.29, 0.717) is 37.1 Å². The highest BCUT2D eigenvalue weighted by atomic mass is 16.5. The van der Waals surface area contributed by atoms with E-state index in [1.54, 1.807) is 28.4 Å². The van der Waals surface area contributed by atoms with Crippen molar-refractivity contribution < 1.29 is 18.7 Å². The van der Waals surface area contributed by atoms with Crippen LogP contribution in [0.25, 0.3) is 0 Å². The molecule has 0 bridgehead atoms. The van der Waals surface area contributed by atoms with Gasteiger partial charge >= 0.3 is 0 Å². The second-order valence-electron chi connectivity index (χ2n) is 6.49. The normalized spacial score (nSPS) is 11.5. The third kappa shape index (κ3) is 5.55. The van der Waals surface area contributed by atoms with Crippen LogP contribution >= 0.6 is 0 Å². The van der Waals surface area contributed by atoms with E-state index in [1.807, 2.05) is 18.2 Å². The van der Waals surface area contributed by atoms with Gasteiger partial charge in [0.15, 0.2) is 11.7 Å². The number of nitrogens with one attached hydrogen (secondary N) is 2. The van der Waals surface area contributed by atoms with E-state index in [9.17, 15) is 0 Å². The number of rotatable bonds is 9. The summed E-state index contributed by atoms with van der Waals surface area (Å²) in [6.07, 6.45) is 0.691. The number of aliphatic imine (C=N–C) groups is 1. The van der Waals surface area contributed by atoms with Gasteiger partial charge in [-0.05, 0) is 12.3 Å². The number of nitrogens with zero attached hydrogens (tertiary/aromatic N) is 2. The molecule has 0 amide bonds. The fourth-order valence-electron chi connectivity index (χ4n) is 2.71. The molecule has 28 heavy (non-hydrogen) atoms. The van der Waals surface area contributed by atoms with Crippen LogP contribution in [0.5, 0.6) is 17.2 Å². The highest BCUT2D eigenvalue weighted by Crippen LogP contribution is 2.34. The summed E-state index contributed by atoms with van der Waals surface area (Å²) in [5.41, 5.74) is 1.91. The summed E-state index contributed by atoms with van der Waals surface area (Å²) in [7, 11) is 6.61. The van der Waals surface area contributed by atoms with Crippen molar-refractivity contribution in [3.8, 4) is 17.2 Å². The SMILES string of the molecule is CN=C(NCCc1c(OC)cc(OC)cc1OC)NCc1cc(C(C)C)no1. The third-order valence-corrected chi connectivity index (χ3v) is 4.31. The van der Waals surface area contributed by atoms with Crippen LogP contribution in [0, 0.1) is 0 Å². The Morgan fingerprint density at radius 3 is 2.25 bits per heavy atom. The smallest absolute Gasteiger partial charge is 0.191 e. The molecular formula is C20H30N4O4. The van der Waals surface area contributed by atoms with E-state index >= 15 is 0 Å². The first-order chi connectivity index (χ1) is 13.5. The minimum absolute atomic E-state index is 0.337. The van der Waals surface area contributed by atoms with Crippen molar-refractivity contribution in [3.05, 3.63) is 35.2 Å². The molecule has 0 atom stereocenters. The molecule has 8 heteroatoms. The molecule has 0 aliphatic carbocycles. The number of benzene rings is 1. The summed E-state index contributed by atoms with van der Waals surface area (Å²) >= 11 is 0. The Morgan fingerprint density at radius 1 is 1.07 bits per heavy atom. The van der Waals surface area contributed by atoms with Crippen LogP contribution in [0.4, 0.5) is 0 Å². The number of methoxy groups -OCH3 is 3. The molecule has 154 valence electrons. The first kappa shape index (κ1) is 21.4. The van der Waals surface area contributed by atoms with Crippen molar-refractivity contribution in [2.75, 3.05) is 34.9 Å². The highest BCUT2D eigenvalue weighted by molar-refractivity contribution is 5.79. The lowest BCUT2D eigenvalue weighted by Gasteiger charge is -2.16. The van der Waals surface area contributed by atoms with Crippen LogP contribution in [0.1, 0.15) is 36.8 Å². The van der Waals surface area contributed by atoms with E-state index in [1.165, 1.54) is 0 Å². The van der Waals surface area contributed by atoms with Crippen LogP contribution in [0.3, 0.4) is 0 Å². The van der Waals surface area contributed by atoms with Crippen molar-refractivity contribution in [3.63, 3.8) is 0 Å². The molecule has 8 nitrogen and oxygen atoms in total. The topological polar surface area (TPSA) is 90.1 Å². The van der Waals surface area contributed by atoms with Crippen LogP contribution in [0.15, 0.2) is 27.7 Å². The van der Waals surface area contributed by atoms with Gasteiger partial charge in [0.1, 0.15) is 17.2 Å². The summed E-state index contributed by atoms with van der Waals surface area (Å²) in [6.45, 7) is 5.31. The molecule has 2 N–H and O–H groups in total. The third-order valence-electron chi connectivity index (χ3n) is 4.31. The van der Waals surface area contributed by atoms with Crippen LogP contribution in [-0.4, -0.2) is 46.0 Å². The van der Waals surface area contributed by atoms with E-state index in [-0.39, 0.29) is 0 Å². The molecule has 1 heterocycles. The molecule has 0 spiro atoms. The van der Waals surface area contributed by atoms with Gasteiger partial charge in [0.05, 0.1) is 33.6 Å². The van der Waals surface area contributed by atoms with Gasteiger partial charge in [-0.25, -0.2) is 0 Å². The Hall–Kier alpha value is -2.90. The maximum absolute atomic E-state index is 5.49. The Balaban J connectivity index is 1.93. The van der Waals surface area contributed by atoms with E-state index in [0.717, 1.165) is 28.5 Å². The summed E-state index contributed by atoms with van der Waals surface area (Å²) in [5.74, 6) is 3.92. The predicted octanol–water partition coefficient (Wildman–Crippen LogP) is 2.73. The monoisotopic (exact) mass is 390 g/mol. The van der Waals surface area contributed by atoms with Gasteiger partial charge in [0, 0.05) is 37.4 Å². The number of ether oxygens (including phenoxy) is 3. The number of guanidine groups is 1. The van der Waals surface area contributed by atoms with E-state index in [4.69, 9.17) is 18.7 Å². The lowest BCUT2D eigenvalue weighted by molar-refractivity contribution is 0.368. The molecule has 1 aromatic carbocycles. The highest BCUT2D eigenvalue weighted by Gasteiger charge is 2.13. The van der Waals surface area contributed by atoms with Gasteiger partial charge in [-0.2, -0.15) is 0 Å². The second-order valence-corrected chi connectivity index (χ2v) is 6.49. The van der Waals surface area contributed by atoms with Crippen LogP contribution < -0.4 is 24.8 Å². The predicted molar refractivity (Wildman–Crippen MR) is 109 cm³/mol.